The molecular weight excluding hydrogens is 218 g/mol. The van der Waals surface area contributed by atoms with E-state index >= 15 is 0 Å². The third-order valence-electron chi connectivity index (χ3n) is 2.28. The molecule has 1 aromatic heterocycles. The predicted octanol–water partition coefficient (Wildman–Crippen LogP) is 0.495. The molecule has 0 saturated carbocycles. The number of ether oxygens (including phenoxy) is 1. The average molecular weight is 237 g/mol. The first kappa shape index (κ1) is 13.6. The third-order valence-corrected chi connectivity index (χ3v) is 2.28. The second kappa shape index (κ2) is 7.76. The summed E-state index contributed by atoms with van der Waals surface area (Å²) in [5, 5.41) is 5.85. The molecule has 0 aromatic carbocycles. The van der Waals surface area contributed by atoms with Crippen molar-refractivity contribution in [2.24, 2.45) is 0 Å². The van der Waals surface area contributed by atoms with E-state index in [0.29, 0.717) is 19.7 Å². The maximum absolute atomic E-state index is 11.5. The molecule has 0 unspecified atom stereocenters. The Morgan fingerprint density at radius 1 is 1.53 bits per heavy atom. The van der Waals surface area contributed by atoms with Gasteiger partial charge >= 0.3 is 0 Å². The molecule has 0 aliphatic heterocycles. The molecule has 17 heavy (non-hydrogen) atoms. The Hall–Kier alpha value is -1.46. The maximum atomic E-state index is 11.5. The van der Waals surface area contributed by atoms with Crippen molar-refractivity contribution >= 4 is 5.91 Å². The van der Waals surface area contributed by atoms with Crippen LogP contribution in [0.5, 0.6) is 0 Å². The van der Waals surface area contributed by atoms with Crippen LogP contribution in [-0.2, 0) is 9.53 Å². The minimum atomic E-state index is -0.0760. The molecule has 0 spiro atoms. The minimum absolute atomic E-state index is 0.0424. The van der Waals surface area contributed by atoms with Crippen LogP contribution in [0.3, 0.4) is 0 Å². The van der Waals surface area contributed by atoms with Gasteiger partial charge in [0.1, 0.15) is 0 Å². The quantitative estimate of drug-likeness (QED) is 0.678. The molecule has 1 amide bonds. The minimum Gasteiger partial charge on any atom is -0.383 e. The number of amides is 1. The number of rotatable bonds is 7. The number of aromatic nitrogens is 1. The molecule has 1 aromatic rings. The van der Waals surface area contributed by atoms with E-state index in [2.05, 4.69) is 15.6 Å². The second-order valence-corrected chi connectivity index (χ2v) is 3.71. The van der Waals surface area contributed by atoms with Crippen LogP contribution in [-0.4, -0.2) is 37.7 Å². The number of methoxy groups -OCH3 is 1. The van der Waals surface area contributed by atoms with Gasteiger partial charge < -0.3 is 15.4 Å². The largest absolute Gasteiger partial charge is 0.383 e. The fourth-order valence-electron chi connectivity index (χ4n) is 1.37. The molecule has 0 aliphatic carbocycles. The number of nitrogens with one attached hydrogen (secondary N) is 2. The molecule has 0 bridgehead atoms. The lowest BCUT2D eigenvalue weighted by Crippen LogP contribution is -2.36. The summed E-state index contributed by atoms with van der Waals surface area (Å²) in [6.45, 7) is 3.47. The van der Waals surface area contributed by atoms with E-state index in [0.717, 1.165) is 5.69 Å². The van der Waals surface area contributed by atoms with Crippen molar-refractivity contribution in [2.75, 3.05) is 26.8 Å². The first-order valence-electron chi connectivity index (χ1n) is 5.64. The summed E-state index contributed by atoms with van der Waals surface area (Å²) < 4.78 is 4.87. The van der Waals surface area contributed by atoms with Crippen LogP contribution in [0.1, 0.15) is 18.7 Å². The smallest absolute Gasteiger partial charge is 0.234 e. The Balaban J connectivity index is 2.26. The van der Waals surface area contributed by atoms with Gasteiger partial charge in [0.25, 0.3) is 0 Å². The van der Waals surface area contributed by atoms with Crippen molar-refractivity contribution in [3.05, 3.63) is 30.1 Å². The van der Waals surface area contributed by atoms with Gasteiger partial charge in [-0.2, -0.15) is 0 Å². The van der Waals surface area contributed by atoms with Crippen LogP contribution >= 0.6 is 0 Å². The topological polar surface area (TPSA) is 63.2 Å². The van der Waals surface area contributed by atoms with Gasteiger partial charge in [-0.1, -0.05) is 6.07 Å². The zero-order chi connectivity index (χ0) is 12.5. The third kappa shape index (κ3) is 5.42. The monoisotopic (exact) mass is 237 g/mol. The van der Waals surface area contributed by atoms with Crippen LogP contribution in [0, 0.1) is 0 Å². The Labute approximate surface area is 102 Å². The van der Waals surface area contributed by atoms with Gasteiger partial charge in [0.2, 0.25) is 5.91 Å². The van der Waals surface area contributed by atoms with Gasteiger partial charge in [-0.05, 0) is 19.1 Å². The van der Waals surface area contributed by atoms with E-state index < -0.39 is 0 Å². The van der Waals surface area contributed by atoms with Crippen LogP contribution in [0.2, 0.25) is 0 Å². The number of hydrogen-bond donors (Lipinski definition) is 2. The highest BCUT2D eigenvalue weighted by atomic mass is 16.5. The molecule has 0 fully saturated rings. The number of carbonyl (C=O) groups is 1. The number of hydrogen-bond acceptors (Lipinski definition) is 4. The summed E-state index contributed by atoms with van der Waals surface area (Å²) in [4.78, 5) is 15.7. The van der Waals surface area contributed by atoms with Crippen LogP contribution in [0.4, 0.5) is 0 Å². The lowest BCUT2D eigenvalue weighted by atomic mass is 10.2. The number of pyridine rings is 1. The highest BCUT2D eigenvalue weighted by Gasteiger charge is 2.09. The fraction of sp³-hybridized carbons (Fsp3) is 0.500. The summed E-state index contributed by atoms with van der Waals surface area (Å²) >= 11 is 0. The van der Waals surface area contributed by atoms with Crippen molar-refractivity contribution in [1.29, 1.82) is 0 Å². The molecule has 1 rings (SSSR count). The molecule has 5 heteroatoms. The van der Waals surface area contributed by atoms with Gasteiger partial charge in [-0.15, -0.1) is 0 Å². The molecule has 0 saturated heterocycles. The average Bonchev–Trinajstić information content (AvgIpc) is 2.36. The Kier molecular flexibility index (Phi) is 6.21. The highest BCUT2D eigenvalue weighted by molar-refractivity contribution is 5.78. The normalized spacial score (nSPS) is 12.1. The Bertz CT molecular complexity index is 330. The Morgan fingerprint density at radius 3 is 3.00 bits per heavy atom. The lowest BCUT2D eigenvalue weighted by molar-refractivity contribution is -0.120. The molecule has 0 radical (unpaired) electrons. The first-order valence-corrected chi connectivity index (χ1v) is 5.64. The molecular formula is C12H19N3O2. The van der Waals surface area contributed by atoms with E-state index in [1.54, 1.807) is 13.3 Å². The van der Waals surface area contributed by atoms with Gasteiger partial charge in [0.05, 0.1) is 24.9 Å². The summed E-state index contributed by atoms with van der Waals surface area (Å²) in [7, 11) is 1.63. The molecule has 94 valence electrons. The summed E-state index contributed by atoms with van der Waals surface area (Å²) in [6, 6.07) is 5.57. The van der Waals surface area contributed by atoms with Crippen molar-refractivity contribution < 1.29 is 9.53 Å². The zero-order valence-electron chi connectivity index (χ0n) is 10.3. The summed E-state index contributed by atoms with van der Waals surface area (Å²) in [6.07, 6.45) is 1.72. The van der Waals surface area contributed by atoms with Crippen LogP contribution in [0.15, 0.2) is 24.4 Å². The molecule has 5 nitrogen and oxygen atoms in total. The van der Waals surface area contributed by atoms with Gasteiger partial charge in [-0.25, -0.2) is 0 Å². The zero-order valence-corrected chi connectivity index (χ0v) is 10.3. The second-order valence-electron chi connectivity index (χ2n) is 3.71. The van der Waals surface area contributed by atoms with Gasteiger partial charge in [0.15, 0.2) is 0 Å². The van der Waals surface area contributed by atoms with E-state index in [4.69, 9.17) is 4.74 Å². The number of carbonyl (C=O) groups excluding carboxylic acids is 1. The molecule has 1 heterocycles. The van der Waals surface area contributed by atoms with Crippen molar-refractivity contribution in [3.8, 4) is 0 Å². The summed E-state index contributed by atoms with van der Waals surface area (Å²) in [5.41, 5.74) is 0.859. The van der Waals surface area contributed by atoms with Gasteiger partial charge in [-0.3, -0.25) is 9.78 Å². The first-order chi connectivity index (χ1) is 8.24. The standard InChI is InChI=1S/C12H19N3O2/c1-10(11-5-3-4-6-14-11)15-12(16)9-13-7-8-17-2/h3-6,10,13H,7-9H2,1-2H3,(H,15,16)/t10-/m1/s1. The van der Waals surface area contributed by atoms with E-state index in [1.165, 1.54) is 0 Å². The fourth-order valence-corrected chi connectivity index (χ4v) is 1.37. The van der Waals surface area contributed by atoms with Gasteiger partial charge in [0, 0.05) is 19.9 Å². The molecule has 2 N–H and O–H groups in total. The molecule has 1 atom stereocenters. The van der Waals surface area contributed by atoms with E-state index in [9.17, 15) is 4.79 Å². The predicted molar refractivity (Wildman–Crippen MR) is 65.5 cm³/mol. The van der Waals surface area contributed by atoms with Crippen molar-refractivity contribution in [2.45, 2.75) is 13.0 Å². The van der Waals surface area contributed by atoms with Crippen molar-refractivity contribution in [1.82, 2.24) is 15.6 Å². The summed E-state index contributed by atoms with van der Waals surface area (Å²) in [5.74, 6) is -0.0424. The maximum Gasteiger partial charge on any atom is 0.234 e. The van der Waals surface area contributed by atoms with Crippen molar-refractivity contribution in [3.63, 3.8) is 0 Å². The Morgan fingerprint density at radius 2 is 2.35 bits per heavy atom. The van der Waals surface area contributed by atoms with E-state index in [-0.39, 0.29) is 11.9 Å². The SMILES string of the molecule is COCCNCC(=O)N[C@H](C)c1ccccn1. The highest BCUT2D eigenvalue weighted by Crippen LogP contribution is 2.06. The van der Waals surface area contributed by atoms with Crippen LogP contribution in [0.25, 0.3) is 0 Å². The van der Waals surface area contributed by atoms with Crippen LogP contribution < -0.4 is 10.6 Å². The lowest BCUT2D eigenvalue weighted by Gasteiger charge is -2.13. The van der Waals surface area contributed by atoms with E-state index in [1.807, 2.05) is 25.1 Å². The molecule has 0 aliphatic rings. The number of nitrogens with zero attached hydrogens (tertiary/aromatic N) is 1.